The van der Waals surface area contributed by atoms with Gasteiger partial charge in [-0.05, 0) is 62.9 Å². The Balaban J connectivity index is 1.78. The van der Waals surface area contributed by atoms with Crippen LogP contribution in [0.5, 0.6) is 11.5 Å². The lowest BCUT2D eigenvalue weighted by molar-refractivity contribution is -0.117. The molecule has 1 saturated carbocycles. The molecule has 0 spiro atoms. The number of rotatable bonds is 7. The summed E-state index contributed by atoms with van der Waals surface area (Å²) in [7, 11) is 1.66. The quantitative estimate of drug-likeness (QED) is 0.446. The molecule has 0 atom stereocenters. The van der Waals surface area contributed by atoms with Crippen LogP contribution in [-0.2, 0) is 4.79 Å². The molecule has 1 aliphatic carbocycles. The van der Waals surface area contributed by atoms with Crippen LogP contribution in [0.2, 0.25) is 0 Å². The van der Waals surface area contributed by atoms with E-state index in [9.17, 15) is 4.79 Å². The average molecular weight is 434 g/mol. The molecule has 0 unspecified atom stereocenters. The van der Waals surface area contributed by atoms with E-state index >= 15 is 0 Å². The molecule has 32 heavy (non-hydrogen) atoms. The molecule has 0 saturated heterocycles. The van der Waals surface area contributed by atoms with Crippen molar-refractivity contribution in [3.8, 4) is 22.6 Å². The first-order valence-electron chi connectivity index (χ1n) is 11.3. The fourth-order valence-corrected chi connectivity index (χ4v) is 4.54. The van der Waals surface area contributed by atoms with Crippen molar-refractivity contribution < 1.29 is 18.7 Å². The standard InChI is InChI=1S/C27H31NO4/c1-5-31-26-18(3)27-23(24(16-32-27)19-9-8-12-21(14-19)30-4)15-22(26)17(2)13-25(29)28-20-10-6-7-11-20/h8-9,12-16,20H,5-7,10-11H2,1-4H3,(H,28,29)/b17-13+. The van der Waals surface area contributed by atoms with Gasteiger partial charge in [0.05, 0.1) is 20.0 Å². The normalized spacial score (nSPS) is 14.7. The van der Waals surface area contributed by atoms with Crippen molar-refractivity contribution >= 4 is 22.4 Å². The van der Waals surface area contributed by atoms with Crippen LogP contribution >= 0.6 is 0 Å². The summed E-state index contributed by atoms with van der Waals surface area (Å²) in [5.41, 5.74) is 5.49. The second kappa shape index (κ2) is 9.51. The zero-order chi connectivity index (χ0) is 22.7. The van der Waals surface area contributed by atoms with E-state index in [-0.39, 0.29) is 11.9 Å². The van der Waals surface area contributed by atoms with Crippen LogP contribution < -0.4 is 14.8 Å². The predicted octanol–water partition coefficient (Wildman–Crippen LogP) is 6.28. The minimum atomic E-state index is -0.0465. The van der Waals surface area contributed by atoms with Crippen LogP contribution in [0.1, 0.15) is 50.7 Å². The maximum absolute atomic E-state index is 12.6. The number of amides is 1. The van der Waals surface area contributed by atoms with E-state index in [4.69, 9.17) is 13.9 Å². The topological polar surface area (TPSA) is 60.7 Å². The van der Waals surface area contributed by atoms with Gasteiger partial charge in [0.25, 0.3) is 0 Å². The molecular formula is C27H31NO4. The number of aryl methyl sites for hydroxylation is 1. The number of nitrogens with one attached hydrogen (secondary N) is 1. The Morgan fingerprint density at radius 2 is 2.03 bits per heavy atom. The molecule has 1 aliphatic rings. The highest BCUT2D eigenvalue weighted by atomic mass is 16.5. The van der Waals surface area contributed by atoms with Gasteiger partial charge in [0.2, 0.25) is 5.91 Å². The number of ether oxygens (including phenoxy) is 2. The predicted molar refractivity (Wildman–Crippen MR) is 128 cm³/mol. The van der Waals surface area contributed by atoms with Crippen LogP contribution in [0.3, 0.4) is 0 Å². The third-order valence-electron chi connectivity index (χ3n) is 6.19. The van der Waals surface area contributed by atoms with Crippen molar-refractivity contribution in [1.82, 2.24) is 5.32 Å². The van der Waals surface area contributed by atoms with Crippen molar-refractivity contribution in [1.29, 1.82) is 0 Å². The Kier molecular flexibility index (Phi) is 6.54. The van der Waals surface area contributed by atoms with E-state index in [2.05, 4.69) is 11.4 Å². The first-order valence-corrected chi connectivity index (χ1v) is 11.3. The zero-order valence-corrected chi connectivity index (χ0v) is 19.3. The molecule has 3 aromatic rings. The smallest absolute Gasteiger partial charge is 0.244 e. The van der Waals surface area contributed by atoms with E-state index in [1.54, 1.807) is 19.4 Å². The first kappa shape index (κ1) is 22.0. The zero-order valence-electron chi connectivity index (χ0n) is 19.3. The molecule has 1 fully saturated rings. The minimum Gasteiger partial charge on any atom is -0.497 e. The summed E-state index contributed by atoms with van der Waals surface area (Å²) in [5, 5.41) is 4.12. The lowest BCUT2D eigenvalue weighted by atomic mass is 9.96. The largest absolute Gasteiger partial charge is 0.497 e. The average Bonchev–Trinajstić information content (AvgIpc) is 3.45. The Morgan fingerprint density at radius 1 is 1.25 bits per heavy atom. The Labute approximate surface area is 189 Å². The number of hydrogen-bond donors (Lipinski definition) is 1. The van der Waals surface area contributed by atoms with E-state index in [1.807, 2.05) is 45.0 Å². The minimum absolute atomic E-state index is 0.0465. The summed E-state index contributed by atoms with van der Waals surface area (Å²) in [6.07, 6.45) is 7.96. The molecule has 0 aliphatic heterocycles. The van der Waals surface area contributed by atoms with Crippen molar-refractivity contribution in [3.63, 3.8) is 0 Å². The van der Waals surface area contributed by atoms with E-state index < -0.39 is 0 Å². The lowest BCUT2D eigenvalue weighted by Crippen LogP contribution is -2.31. The first-order chi connectivity index (χ1) is 15.5. The summed E-state index contributed by atoms with van der Waals surface area (Å²) < 4.78 is 17.4. The van der Waals surface area contributed by atoms with Crippen molar-refractivity contribution in [3.05, 3.63) is 53.8 Å². The fraction of sp³-hybridized carbons (Fsp3) is 0.370. The van der Waals surface area contributed by atoms with Gasteiger partial charge in [0.1, 0.15) is 17.1 Å². The highest BCUT2D eigenvalue weighted by molar-refractivity contribution is 6.01. The van der Waals surface area contributed by atoms with E-state index in [0.717, 1.165) is 63.1 Å². The summed E-state index contributed by atoms with van der Waals surface area (Å²) in [5.74, 6) is 1.50. The lowest BCUT2D eigenvalue weighted by Gasteiger charge is -2.15. The van der Waals surface area contributed by atoms with Crippen LogP contribution in [-0.4, -0.2) is 25.7 Å². The van der Waals surface area contributed by atoms with Gasteiger partial charge in [-0.15, -0.1) is 0 Å². The highest BCUT2D eigenvalue weighted by Crippen LogP contribution is 2.41. The molecule has 0 radical (unpaired) electrons. The summed E-state index contributed by atoms with van der Waals surface area (Å²) >= 11 is 0. The van der Waals surface area contributed by atoms with Crippen LogP contribution in [0.25, 0.3) is 27.7 Å². The van der Waals surface area contributed by atoms with Gasteiger partial charge in [-0.1, -0.05) is 25.0 Å². The number of carbonyl (C=O) groups is 1. The van der Waals surface area contributed by atoms with Crippen molar-refractivity contribution in [2.75, 3.05) is 13.7 Å². The Hall–Kier alpha value is -3.21. The third-order valence-corrected chi connectivity index (χ3v) is 6.19. The van der Waals surface area contributed by atoms with Gasteiger partial charge in [-0.3, -0.25) is 4.79 Å². The molecule has 168 valence electrons. The monoisotopic (exact) mass is 433 g/mol. The van der Waals surface area contributed by atoms with Crippen molar-refractivity contribution in [2.24, 2.45) is 0 Å². The highest BCUT2D eigenvalue weighted by Gasteiger charge is 2.20. The molecular weight excluding hydrogens is 402 g/mol. The van der Waals surface area contributed by atoms with Crippen LogP contribution in [0.4, 0.5) is 0 Å². The van der Waals surface area contributed by atoms with Gasteiger partial charge < -0.3 is 19.2 Å². The third kappa shape index (κ3) is 4.38. The maximum Gasteiger partial charge on any atom is 0.244 e. The molecule has 1 N–H and O–H groups in total. The molecule has 4 rings (SSSR count). The number of benzene rings is 2. The number of allylic oxidation sites excluding steroid dienone is 1. The molecule has 1 aromatic heterocycles. The molecule has 5 nitrogen and oxygen atoms in total. The van der Waals surface area contributed by atoms with Crippen molar-refractivity contribution in [2.45, 2.75) is 52.5 Å². The van der Waals surface area contributed by atoms with Gasteiger partial charge >= 0.3 is 0 Å². The second-order valence-electron chi connectivity index (χ2n) is 8.39. The number of fused-ring (bicyclic) bond motifs is 1. The molecule has 1 heterocycles. The maximum atomic E-state index is 12.6. The molecule has 5 heteroatoms. The Bertz CT molecular complexity index is 1150. The number of furan rings is 1. The van der Waals surface area contributed by atoms with Gasteiger partial charge in [0, 0.05) is 34.2 Å². The van der Waals surface area contributed by atoms with Gasteiger partial charge in [-0.25, -0.2) is 0 Å². The van der Waals surface area contributed by atoms with Gasteiger partial charge in [-0.2, -0.15) is 0 Å². The second-order valence-corrected chi connectivity index (χ2v) is 8.39. The van der Waals surface area contributed by atoms with E-state index in [1.165, 1.54) is 12.8 Å². The molecule has 2 aromatic carbocycles. The molecule has 1 amide bonds. The van der Waals surface area contributed by atoms with Crippen LogP contribution in [0.15, 0.2) is 47.1 Å². The van der Waals surface area contributed by atoms with E-state index in [0.29, 0.717) is 6.61 Å². The fourth-order valence-electron chi connectivity index (χ4n) is 4.54. The number of methoxy groups -OCH3 is 1. The van der Waals surface area contributed by atoms with Crippen LogP contribution in [0, 0.1) is 6.92 Å². The number of hydrogen-bond acceptors (Lipinski definition) is 4. The molecule has 0 bridgehead atoms. The summed E-state index contributed by atoms with van der Waals surface area (Å²) in [6.45, 7) is 6.46. The Morgan fingerprint density at radius 3 is 2.75 bits per heavy atom. The van der Waals surface area contributed by atoms with Gasteiger partial charge in [0.15, 0.2) is 0 Å². The SMILES string of the molecule is CCOc1c(/C(C)=C/C(=O)NC2CCCC2)cc2c(-c3cccc(OC)c3)coc2c1C. The summed E-state index contributed by atoms with van der Waals surface area (Å²) in [6, 6.07) is 10.3. The summed E-state index contributed by atoms with van der Waals surface area (Å²) in [4.78, 5) is 12.6. The number of carbonyl (C=O) groups excluding carboxylic acids is 1.